The fourth-order valence-corrected chi connectivity index (χ4v) is 3.04. The van der Waals surface area contributed by atoms with Crippen molar-refractivity contribution in [3.05, 3.63) is 50.6 Å². The number of aliphatic hydroxyl groups excluding tert-OH is 1. The molecule has 1 unspecified atom stereocenters. The maximum Gasteiger partial charge on any atom is 0.118 e. The van der Waals surface area contributed by atoms with Crippen LogP contribution in [0.3, 0.4) is 0 Å². The Hall–Kier alpha value is -0.840. The number of rotatable bonds is 3. The first kappa shape index (κ1) is 11.6. The van der Waals surface area contributed by atoms with Gasteiger partial charge in [0.25, 0.3) is 0 Å². The van der Waals surface area contributed by atoms with Gasteiger partial charge in [0.2, 0.25) is 0 Å². The highest BCUT2D eigenvalue weighted by Gasteiger charge is 2.14. The highest BCUT2D eigenvalue weighted by atomic mass is 79.9. The van der Waals surface area contributed by atoms with Crippen LogP contribution >= 0.6 is 27.3 Å². The molecule has 16 heavy (non-hydrogen) atoms. The molecule has 0 aliphatic rings. The zero-order valence-corrected chi connectivity index (χ0v) is 11.1. The second-order valence-corrected chi connectivity index (χ2v) is 5.11. The van der Waals surface area contributed by atoms with Gasteiger partial charge in [-0.3, -0.25) is 0 Å². The maximum absolute atomic E-state index is 10.2. The van der Waals surface area contributed by atoms with Crippen LogP contribution in [0.2, 0.25) is 0 Å². The van der Waals surface area contributed by atoms with Crippen LogP contribution < -0.4 is 4.74 Å². The molecule has 2 aromatic rings. The molecule has 1 aromatic carbocycles. The van der Waals surface area contributed by atoms with E-state index < -0.39 is 6.10 Å². The summed E-state index contributed by atoms with van der Waals surface area (Å²) in [5.41, 5.74) is 0.865. The molecule has 0 saturated heterocycles. The van der Waals surface area contributed by atoms with Crippen LogP contribution in [-0.2, 0) is 0 Å². The van der Waals surface area contributed by atoms with Crippen molar-refractivity contribution in [3.8, 4) is 5.75 Å². The summed E-state index contributed by atoms with van der Waals surface area (Å²) in [7, 11) is 1.63. The molecule has 1 aromatic heterocycles. The second kappa shape index (κ2) is 4.99. The standard InChI is InChI=1S/C12H11BrO2S/c1-15-9-4-2-8(3-5-9)11(14)12-10(13)6-7-16-12/h2-7,11,14H,1H3. The number of halogens is 1. The van der Waals surface area contributed by atoms with Crippen molar-refractivity contribution in [2.45, 2.75) is 6.10 Å². The highest BCUT2D eigenvalue weighted by molar-refractivity contribution is 9.10. The smallest absolute Gasteiger partial charge is 0.118 e. The quantitative estimate of drug-likeness (QED) is 0.938. The van der Waals surface area contributed by atoms with Crippen LogP contribution in [-0.4, -0.2) is 12.2 Å². The van der Waals surface area contributed by atoms with E-state index in [2.05, 4.69) is 15.9 Å². The van der Waals surface area contributed by atoms with E-state index in [0.717, 1.165) is 20.7 Å². The van der Waals surface area contributed by atoms with E-state index in [1.807, 2.05) is 35.7 Å². The third-order valence-corrected chi connectivity index (χ3v) is 4.25. The lowest BCUT2D eigenvalue weighted by Crippen LogP contribution is -1.97. The lowest BCUT2D eigenvalue weighted by Gasteiger charge is -2.10. The fraction of sp³-hybridized carbons (Fsp3) is 0.167. The molecule has 4 heteroatoms. The number of ether oxygens (including phenoxy) is 1. The van der Waals surface area contributed by atoms with Crippen molar-refractivity contribution >= 4 is 27.3 Å². The first-order valence-corrected chi connectivity index (χ1v) is 6.44. The summed E-state index contributed by atoms with van der Waals surface area (Å²) in [6, 6.07) is 9.37. The molecule has 2 nitrogen and oxygen atoms in total. The summed E-state index contributed by atoms with van der Waals surface area (Å²) < 4.78 is 6.02. The second-order valence-electron chi connectivity index (χ2n) is 3.31. The number of hydrogen-bond donors (Lipinski definition) is 1. The van der Waals surface area contributed by atoms with Crippen LogP contribution in [0.15, 0.2) is 40.2 Å². The number of aliphatic hydroxyl groups is 1. The zero-order valence-electron chi connectivity index (χ0n) is 8.68. The summed E-state index contributed by atoms with van der Waals surface area (Å²) in [5.74, 6) is 0.793. The van der Waals surface area contributed by atoms with Crippen LogP contribution in [0.1, 0.15) is 16.5 Å². The number of benzene rings is 1. The summed E-state index contributed by atoms with van der Waals surface area (Å²) in [6.45, 7) is 0. The van der Waals surface area contributed by atoms with Gasteiger partial charge in [-0.2, -0.15) is 0 Å². The SMILES string of the molecule is COc1ccc(C(O)c2sccc2Br)cc1. The molecule has 0 spiro atoms. The van der Waals surface area contributed by atoms with Gasteiger partial charge in [-0.05, 0) is 45.1 Å². The van der Waals surface area contributed by atoms with Crippen LogP contribution in [0.4, 0.5) is 0 Å². The van der Waals surface area contributed by atoms with E-state index in [-0.39, 0.29) is 0 Å². The van der Waals surface area contributed by atoms with E-state index in [9.17, 15) is 5.11 Å². The molecular weight excluding hydrogens is 288 g/mol. The van der Waals surface area contributed by atoms with Crippen LogP contribution in [0.25, 0.3) is 0 Å². The van der Waals surface area contributed by atoms with Crippen molar-refractivity contribution in [1.29, 1.82) is 0 Å². The lowest BCUT2D eigenvalue weighted by molar-refractivity contribution is 0.223. The molecule has 0 aliphatic carbocycles. The molecule has 1 N–H and O–H groups in total. The van der Waals surface area contributed by atoms with Gasteiger partial charge in [-0.25, -0.2) is 0 Å². The summed E-state index contributed by atoms with van der Waals surface area (Å²) in [5, 5.41) is 12.1. The largest absolute Gasteiger partial charge is 0.497 e. The average molecular weight is 299 g/mol. The average Bonchev–Trinajstić information content (AvgIpc) is 2.75. The number of hydrogen-bond acceptors (Lipinski definition) is 3. The minimum atomic E-state index is -0.583. The Morgan fingerprint density at radius 1 is 1.25 bits per heavy atom. The summed E-state index contributed by atoms with van der Waals surface area (Å²) in [4.78, 5) is 0.921. The predicted molar refractivity (Wildman–Crippen MR) is 69.1 cm³/mol. The van der Waals surface area contributed by atoms with E-state index in [0.29, 0.717) is 0 Å². The topological polar surface area (TPSA) is 29.5 Å². The Morgan fingerprint density at radius 3 is 2.44 bits per heavy atom. The fourth-order valence-electron chi connectivity index (χ4n) is 1.44. The van der Waals surface area contributed by atoms with Crippen LogP contribution in [0.5, 0.6) is 5.75 Å². The molecule has 84 valence electrons. The first-order chi connectivity index (χ1) is 7.72. The van der Waals surface area contributed by atoms with E-state index >= 15 is 0 Å². The maximum atomic E-state index is 10.2. The van der Waals surface area contributed by atoms with Gasteiger partial charge in [-0.1, -0.05) is 12.1 Å². The molecule has 1 heterocycles. The molecule has 2 rings (SSSR count). The third kappa shape index (κ3) is 2.29. The van der Waals surface area contributed by atoms with E-state index in [1.165, 1.54) is 11.3 Å². The normalized spacial score (nSPS) is 12.4. The van der Waals surface area contributed by atoms with Gasteiger partial charge in [-0.15, -0.1) is 11.3 Å². The van der Waals surface area contributed by atoms with Gasteiger partial charge >= 0.3 is 0 Å². The number of methoxy groups -OCH3 is 1. The Morgan fingerprint density at radius 2 is 1.94 bits per heavy atom. The summed E-state index contributed by atoms with van der Waals surface area (Å²) >= 11 is 4.95. The molecule has 0 saturated carbocycles. The zero-order chi connectivity index (χ0) is 11.5. The van der Waals surface area contributed by atoms with E-state index in [1.54, 1.807) is 7.11 Å². The molecule has 0 amide bonds. The van der Waals surface area contributed by atoms with Crippen LogP contribution in [0, 0.1) is 0 Å². The van der Waals surface area contributed by atoms with Crippen molar-refractivity contribution in [3.63, 3.8) is 0 Å². The lowest BCUT2D eigenvalue weighted by atomic mass is 10.1. The third-order valence-electron chi connectivity index (χ3n) is 2.32. The van der Waals surface area contributed by atoms with Gasteiger partial charge in [0.1, 0.15) is 11.9 Å². The molecule has 1 atom stereocenters. The Kier molecular flexibility index (Phi) is 3.63. The van der Waals surface area contributed by atoms with Crippen molar-refractivity contribution < 1.29 is 9.84 Å². The van der Waals surface area contributed by atoms with Crippen molar-refractivity contribution in [2.24, 2.45) is 0 Å². The highest BCUT2D eigenvalue weighted by Crippen LogP contribution is 2.33. The monoisotopic (exact) mass is 298 g/mol. The minimum Gasteiger partial charge on any atom is -0.497 e. The van der Waals surface area contributed by atoms with Crippen molar-refractivity contribution in [1.82, 2.24) is 0 Å². The predicted octanol–water partition coefficient (Wildman–Crippen LogP) is 3.60. The van der Waals surface area contributed by atoms with Gasteiger partial charge in [0.15, 0.2) is 0 Å². The first-order valence-electron chi connectivity index (χ1n) is 4.77. The molecule has 0 fully saturated rings. The Labute approximate surface area is 107 Å². The number of thiophene rings is 1. The Bertz CT molecular complexity index is 464. The summed E-state index contributed by atoms with van der Waals surface area (Å²) in [6.07, 6.45) is -0.583. The van der Waals surface area contributed by atoms with E-state index in [4.69, 9.17) is 4.74 Å². The van der Waals surface area contributed by atoms with Gasteiger partial charge < -0.3 is 9.84 Å². The molecule has 0 aliphatic heterocycles. The Balaban J connectivity index is 2.27. The molecule has 0 bridgehead atoms. The van der Waals surface area contributed by atoms with Gasteiger partial charge in [0.05, 0.1) is 12.0 Å². The van der Waals surface area contributed by atoms with Gasteiger partial charge in [0, 0.05) is 4.47 Å². The molecular formula is C12H11BrO2S. The van der Waals surface area contributed by atoms with Crippen molar-refractivity contribution in [2.75, 3.05) is 7.11 Å². The molecule has 0 radical (unpaired) electrons. The minimum absolute atomic E-state index is 0.583.